The van der Waals surface area contributed by atoms with E-state index in [9.17, 15) is 19.1 Å². The van der Waals surface area contributed by atoms with E-state index >= 15 is 0 Å². The van der Waals surface area contributed by atoms with E-state index in [0.717, 1.165) is 5.56 Å². The van der Waals surface area contributed by atoms with Gasteiger partial charge in [0, 0.05) is 18.7 Å². The number of nitrogens with zero attached hydrogens (tertiary/aromatic N) is 4. The minimum Gasteiger partial charge on any atom is -0.442 e. The van der Waals surface area contributed by atoms with Gasteiger partial charge in [0.1, 0.15) is 18.0 Å². The quantitative estimate of drug-likeness (QED) is 0.584. The van der Waals surface area contributed by atoms with Crippen molar-refractivity contribution < 1.29 is 23.8 Å². The van der Waals surface area contributed by atoms with E-state index in [4.69, 9.17) is 4.74 Å². The molecule has 9 nitrogen and oxygen atoms in total. The number of aliphatic hydroxyl groups excluding tert-OH is 1. The molecule has 1 aliphatic heterocycles. The maximum Gasteiger partial charge on any atom is 0.414 e. The number of amides is 2. The Balaban J connectivity index is 1.50. The van der Waals surface area contributed by atoms with E-state index in [2.05, 4.69) is 15.6 Å². The number of rotatable bonds is 7. The summed E-state index contributed by atoms with van der Waals surface area (Å²) >= 11 is 0. The molecule has 4 rings (SSSR count). The first-order valence-corrected chi connectivity index (χ1v) is 10.1. The van der Waals surface area contributed by atoms with Crippen molar-refractivity contribution in [2.75, 3.05) is 24.6 Å². The van der Waals surface area contributed by atoms with Crippen LogP contribution in [0.2, 0.25) is 0 Å². The molecule has 0 saturated carbocycles. The van der Waals surface area contributed by atoms with Gasteiger partial charge in [-0.1, -0.05) is 29.5 Å². The number of hydrogen-bond donors (Lipinski definition) is 2. The first-order chi connectivity index (χ1) is 15.5. The zero-order chi connectivity index (χ0) is 22.7. The second-order valence-electron chi connectivity index (χ2n) is 7.42. The Morgan fingerprint density at radius 3 is 2.72 bits per heavy atom. The number of nitrogens with one attached hydrogen (secondary N) is 1. The Hall–Kier alpha value is -3.79. The highest BCUT2D eigenvalue weighted by atomic mass is 19.1. The summed E-state index contributed by atoms with van der Waals surface area (Å²) in [5.41, 5.74) is 2.22. The number of aromatic nitrogens is 3. The van der Waals surface area contributed by atoms with E-state index in [0.29, 0.717) is 16.8 Å². The number of carbonyl (C=O) groups is 2. The fourth-order valence-corrected chi connectivity index (χ4v) is 3.61. The van der Waals surface area contributed by atoms with Gasteiger partial charge >= 0.3 is 6.09 Å². The lowest BCUT2D eigenvalue weighted by molar-refractivity contribution is -0.119. The number of benzene rings is 2. The molecule has 32 heavy (non-hydrogen) atoms. The number of aliphatic hydroxyl groups is 1. The molecular weight excluding hydrogens is 417 g/mol. The molecule has 2 heterocycles. The smallest absolute Gasteiger partial charge is 0.414 e. The molecule has 2 N–H and O–H groups in total. The van der Waals surface area contributed by atoms with E-state index < -0.39 is 18.0 Å². The third-order valence-electron chi connectivity index (χ3n) is 5.26. The molecule has 1 unspecified atom stereocenters. The van der Waals surface area contributed by atoms with Crippen LogP contribution in [0.15, 0.2) is 54.9 Å². The average molecular weight is 439 g/mol. The van der Waals surface area contributed by atoms with Crippen LogP contribution in [0.4, 0.5) is 14.9 Å². The van der Waals surface area contributed by atoms with E-state index in [1.165, 1.54) is 24.1 Å². The summed E-state index contributed by atoms with van der Waals surface area (Å²) in [6.45, 7) is 1.65. The van der Waals surface area contributed by atoms with Crippen molar-refractivity contribution in [3.8, 4) is 11.1 Å². The van der Waals surface area contributed by atoms with Crippen LogP contribution in [0, 0.1) is 5.82 Å². The van der Waals surface area contributed by atoms with Crippen molar-refractivity contribution >= 4 is 17.7 Å². The van der Waals surface area contributed by atoms with Crippen LogP contribution in [-0.4, -0.2) is 57.9 Å². The average Bonchev–Trinajstić information content (AvgIpc) is 3.43. The highest BCUT2D eigenvalue weighted by Crippen LogP contribution is 2.30. The largest absolute Gasteiger partial charge is 0.442 e. The Bertz CT molecular complexity index is 1100. The lowest BCUT2D eigenvalue weighted by atomic mass is 10.00. The zero-order valence-corrected chi connectivity index (χ0v) is 17.3. The number of anilines is 1. The maximum atomic E-state index is 14.9. The van der Waals surface area contributed by atoms with Gasteiger partial charge in [-0.25, -0.2) is 13.9 Å². The lowest BCUT2D eigenvalue weighted by Crippen LogP contribution is -2.33. The van der Waals surface area contributed by atoms with Gasteiger partial charge in [-0.2, -0.15) is 0 Å². The molecule has 166 valence electrons. The summed E-state index contributed by atoms with van der Waals surface area (Å²) in [5.74, 6) is -0.698. The van der Waals surface area contributed by atoms with Crippen LogP contribution >= 0.6 is 0 Å². The van der Waals surface area contributed by atoms with Gasteiger partial charge in [0.25, 0.3) is 0 Å². The molecule has 1 fully saturated rings. The monoisotopic (exact) mass is 439 g/mol. The van der Waals surface area contributed by atoms with E-state index in [-0.39, 0.29) is 31.6 Å². The first kappa shape index (κ1) is 21.4. The van der Waals surface area contributed by atoms with Crippen LogP contribution < -0.4 is 10.2 Å². The van der Waals surface area contributed by atoms with E-state index in [1.54, 1.807) is 47.3 Å². The van der Waals surface area contributed by atoms with Gasteiger partial charge in [-0.3, -0.25) is 9.69 Å². The van der Waals surface area contributed by atoms with Crippen LogP contribution in [0.1, 0.15) is 18.5 Å². The molecule has 0 spiro atoms. The molecule has 1 aromatic heterocycles. The summed E-state index contributed by atoms with van der Waals surface area (Å²) in [5, 5.41) is 20.0. The number of carbonyl (C=O) groups excluding carboxylic acids is 2. The Morgan fingerprint density at radius 2 is 2.09 bits per heavy atom. The molecule has 3 aromatic rings. The Kier molecular flexibility index (Phi) is 6.13. The minimum atomic E-state index is -0.583. The van der Waals surface area contributed by atoms with Crippen molar-refractivity contribution in [3.63, 3.8) is 0 Å². The van der Waals surface area contributed by atoms with Crippen molar-refractivity contribution in [2.24, 2.45) is 0 Å². The van der Waals surface area contributed by atoms with Gasteiger partial charge in [0.05, 0.1) is 31.6 Å². The second-order valence-corrected chi connectivity index (χ2v) is 7.42. The molecular formula is C22H22FN5O4. The van der Waals surface area contributed by atoms with E-state index in [1.807, 2.05) is 0 Å². The van der Waals surface area contributed by atoms with Crippen LogP contribution in [0.5, 0.6) is 0 Å². The number of ether oxygens (including phenoxy) is 1. The Morgan fingerprint density at radius 1 is 1.31 bits per heavy atom. The normalized spacial score (nSPS) is 16.7. The molecule has 1 aliphatic rings. The van der Waals surface area contributed by atoms with Gasteiger partial charge < -0.3 is 15.2 Å². The summed E-state index contributed by atoms with van der Waals surface area (Å²) < 4.78 is 21.7. The van der Waals surface area contributed by atoms with Gasteiger partial charge in [0.15, 0.2) is 0 Å². The summed E-state index contributed by atoms with van der Waals surface area (Å²) in [6, 6.07) is 11.3. The molecule has 0 bridgehead atoms. The van der Waals surface area contributed by atoms with Gasteiger partial charge in [0.2, 0.25) is 5.91 Å². The molecule has 2 amide bonds. The first-order valence-electron chi connectivity index (χ1n) is 10.1. The summed E-state index contributed by atoms with van der Waals surface area (Å²) in [4.78, 5) is 24.6. The number of hydrogen-bond acceptors (Lipinski definition) is 6. The minimum absolute atomic E-state index is 0.152. The van der Waals surface area contributed by atoms with Crippen molar-refractivity contribution in [1.82, 2.24) is 20.3 Å². The second kappa shape index (κ2) is 9.15. The zero-order valence-electron chi connectivity index (χ0n) is 17.3. The van der Waals surface area contributed by atoms with Crippen LogP contribution in [-0.2, 0) is 9.53 Å². The number of halogens is 1. The SMILES string of the molecule is CC(=O)NC[C@H]1CN(c2ccc(-c3ccc(C(CO)n4ccnn4)cc3)c(F)c2)C(=O)O1. The molecule has 2 atom stereocenters. The third kappa shape index (κ3) is 4.45. The molecule has 1 saturated heterocycles. The maximum absolute atomic E-state index is 14.9. The topological polar surface area (TPSA) is 110 Å². The number of cyclic esters (lactones) is 1. The fourth-order valence-electron chi connectivity index (χ4n) is 3.61. The summed E-state index contributed by atoms with van der Waals surface area (Å²) in [7, 11) is 0. The highest BCUT2D eigenvalue weighted by molar-refractivity contribution is 5.90. The van der Waals surface area contributed by atoms with Crippen molar-refractivity contribution in [2.45, 2.75) is 19.1 Å². The Labute approximate surface area is 183 Å². The van der Waals surface area contributed by atoms with Crippen molar-refractivity contribution in [1.29, 1.82) is 0 Å². The molecule has 0 radical (unpaired) electrons. The molecule has 0 aliphatic carbocycles. The fraction of sp³-hybridized carbons (Fsp3) is 0.273. The molecule has 10 heteroatoms. The van der Waals surface area contributed by atoms with Gasteiger partial charge in [-0.05, 0) is 29.3 Å². The van der Waals surface area contributed by atoms with Crippen molar-refractivity contribution in [3.05, 3.63) is 66.2 Å². The highest BCUT2D eigenvalue weighted by Gasteiger charge is 2.32. The predicted molar refractivity (Wildman–Crippen MR) is 113 cm³/mol. The molecule has 2 aromatic carbocycles. The van der Waals surface area contributed by atoms with Crippen LogP contribution in [0.25, 0.3) is 11.1 Å². The van der Waals surface area contributed by atoms with Crippen LogP contribution in [0.3, 0.4) is 0 Å². The third-order valence-corrected chi connectivity index (χ3v) is 5.26. The van der Waals surface area contributed by atoms with Gasteiger partial charge in [-0.15, -0.1) is 5.10 Å². The lowest BCUT2D eigenvalue weighted by Gasteiger charge is -2.16. The predicted octanol–water partition coefficient (Wildman–Crippen LogP) is 2.13. The standard InChI is InChI=1S/C22H22FN5O4/c1-14(30)24-11-18-12-27(22(31)32-18)17-6-7-19(20(23)10-17)15-2-4-16(5-3-15)21(13-29)28-9-8-25-26-28/h2-10,18,21,29H,11-13H2,1H3,(H,24,30)/t18-,21?/m0/s1. The summed E-state index contributed by atoms with van der Waals surface area (Å²) in [6.07, 6.45) is 2.12.